The fourth-order valence-electron chi connectivity index (χ4n) is 1.14. The Morgan fingerprint density at radius 3 is 3.08 bits per heavy atom. The lowest BCUT2D eigenvalue weighted by atomic mass is 10.0. The Morgan fingerprint density at radius 1 is 1.75 bits per heavy atom. The Labute approximate surface area is 70.9 Å². The molecule has 1 N–H and O–H groups in total. The van der Waals surface area contributed by atoms with Crippen LogP contribution in [0.1, 0.15) is 12.7 Å². The predicted octanol–water partition coefficient (Wildman–Crippen LogP) is 0.553. The van der Waals surface area contributed by atoms with Crippen LogP contribution in [0.3, 0.4) is 0 Å². The lowest BCUT2D eigenvalue weighted by molar-refractivity contribution is -0.0828. The van der Waals surface area contributed by atoms with Crippen molar-refractivity contribution in [2.75, 3.05) is 13.1 Å². The summed E-state index contributed by atoms with van der Waals surface area (Å²) < 4.78 is 10.5. The molecule has 1 aliphatic heterocycles. The second kappa shape index (κ2) is 2.88. The molecule has 0 aliphatic carbocycles. The molecule has 1 aromatic rings. The zero-order chi connectivity index (χ0) is 8.44. The molecule has 0 unspecified atom stereocenters. The second-order valence-corrected chi connectivity index (χ2v) is 3.32. The number of nitrogens with one attached hydrogen (secondary N) is 1. The molecule has 4 nitrogen and oxygen atoms in total. The monoisotopic (exact) mass is 168 g/mol. The predicted molar refractivity (Wildman–Crippen MR) is 42.6 cm³/mol. The summed E-state index contributed by atoms with van der Waals surface area (Å²) in [6, 6.07) is 1.81. The summed E-state index contributed by atoms with van der Waals surface area (Å²) >= 11 is 0. The van der Waals surface area contributed by atoms with Gasteiger partial charge in [0.2, 0.25) is 0 Å². The van der Waals surface area contributed by atoms with Crippen molar-refractivity contribution >= 4 is 0 Å². The standard InChI is InChI=1S/C8H12N2O2/c1-8(5-9-6-8)11-4-7-2-3-10-12-7/h2-3,9H,4-6H2,1H3. The number of hydrogen-bond donors (Lipinski definition) is 1. The average Bonchev–Trinajstić information content (AvgIpc) is 2.49. The molecule has 1 aromatic heterocycles. The maximum atomic E-state index is 5.61. The van der Waals surface area contributed by atoms with Gasteiger partial charge >= 0.3 is 0 Å². The Kier molecular flexibility index (Phi) is 1.86. The van der Waals surface area contributed by atoms with E-state index in [0.717, 1.165) is 18.8 Å². The van der Waals surface area contributed by atoms with Gasteiger partial charge in [-0.2, -0.15) is 0 Å². The molecular weight excluding hydrogens is 156 g/mol. The van der Waals surface area contributed by atoms with Crippen molar-refractivity contribution in [1.29, 1.82) is 0 Å². The largest absolute Gasteiger partial charge is 0.365 e. The first-order chi connectivity index (χ1) is 5.79. The Bertz CT molecular complexity index is 242. The number of hydrogen-bond acceptors (Lipinski definition) is 4. The van der Waals surface area contributed by atoms with Gasteiger partial charge in [0.25, 0.3) is 0 Å². The molecule has 66 valence electrons. The first kappa shape index (κ1) is 7.76. The van der Waals surface area contributed by atoms with Crippen molar-refractivity contribution in [3.63, 3.8) is 0 Å². The molecule has 12 heavy (non-hydrogen) atoms. The van der Waals surface area contributed by atoms with Crippen LogP contribution in [0.2, 0.25) is 0 Å². The number of rotatable bonds is 3. The summed E-state index contributed by atoms with van der Waals surface area (Å²) in [7, 11) is 0. The summed E-state index contributed by atoms with van der Waals surface area (Å²) in [6.07, 6.45) is 1.63. The molecule has 0 atom stereocenters. The Hall–Kier alpha value is -0.870. The summed E-state index contributed by atoms with van der Waals surface area (Å²) in [5, 5.41) is 6.76. The molecule has 1 aliphatic rings. The average molecular weight is 168 g/mol. The van der Waals surface area contributed by atoms with Crippen molar-refractivity contribution in [2.45, 2.75) is 19.1 Å². The lowest BCUT2D eigenvalue weighted by Crippen LogP contribution is -2.58. The Morgan fingerprint density at radius 2 is 2.58 bits per heavy atom. The van der Waals surface area contributed by atoms with Crippen LogP contribution in [-0.4, -0.2) is 23.8 Å². The fourth-order valence-corrected chi connectivity index (χ4v) is 1.14. The van der Waals surface area contributed by atoms with E-state index in [1.165, 1.54) is 0 Å². The summed E-state index contributed by atoms with van der Waals surface area (Å²) in [4.78, 5) is 0. The van der Waals surface area contributed by atoms with E-state index in [9.17, 15) is 0 Å². The maximum absolute atomic E-state index is 5.61. The van der Waals surface area contributed by atoms with Gasteiger partial charge in [-0.25, -0.2) is 0 Å². The zero-order valence-corrected chi connectivity index (χ0v) is 7.04. The van der Waals surface area contributed by atoms with Crippen LogP contribution in [0.15, 0.2) is 16.8 Å². The fraction of sp³-hybridized carbons (Fsp3) is 0.625. The molecule has 0 bridgehead atoms. The third-order valence-corrected chi connectivity index (χ3v) is 2.05. The van der Waals surface area contributed by atoms with E-state index in [4.69, 9.17) is 9.26 Å². The van der Waals surface area contributed by atoms with Crippen LogP contribution in [0.4, 0.5) is 0 Å². The van der Waals surface area contributed by atoms with E-state index < -0.39 is 0 Å². The SMILES string of the molecule is CC1(OCc2ccno2)CNC1. The minimum atomic E-state index is -0.00715. The van der Waals surface area contributed by atoms with Crippen molar-refractivity contribution in [3.05, 3.63) is 18.0 Å². The molecule has 0 radical (unpaired) electrons. The molecule has 0 spiro atoms. The Balaban J connectivity index is 1.82. The van der Waals surface area contributed by atoms with Crippen LogP contribution in [0.5, 0.6) is 0 Å². The molecule has 1 fully saturated rings. The van der Waals surface area contributed by atoms with E-state index in [1.807, 2.05) is 6.07 Å². The van der Waals surface area contributed by atoms with E-state index in [-0.39, 0.29) is 5.60 Å². The lowest BCUT2D eigenvalue weighted by Gasteiger charge is -2.38. The first-order valence-electron chi connectivity index (χ1n) is 4.03. The highest BCUT2D eigenvalue weighted by Gasteiger charge is 2.32. The number of nitrogens with zero attached hydrogens (tertiary/aromatic N) is 1. The molecule has 4 heteroatoms. The minimum absolute atomic E-state index is 0.00715. The van der Waals surface area contributed by atoms with Crippen LogP contribution >= 0.6 is 0 Å². The van der Waals surface area contributed by atoms with Crippen LogP contribution in [0, 0.1) is 0 Å². The molecule has 0 amide bonds. The van der Waals surface area contributed by atoms with Gasteiger partial charge in [-0.15, -0.1) is 0 Å². The van der Waals surface area contributed by atoms with E-state index in [2.05, 4.69) is 17.4 Å². The second-order valence-electron chi connectivity index (χ2n) is 3.32. The van der Waals surface area contributed by atoms with Gasteiger partial charge in [-0.1, -0.05) is 5.16 Å². The van der Waals surface area contributed by atoms with Gasteiger partial charge < -0.3 is 14.6 Å². The molecule has 0 saturated carbocycles. The van der Waals surface area contributed by atoms with Gasteiger partial charge in [0.05, 0.1) is 11.8 Å². The third-order valence-electron chi connectivity index (χ3n) is 2.05. The zero-order valence-electron chi connectivity index (χ0n) is 7.04. The topological polar surface area (TPSA) is 47.3 Å². The highest BCUT2D eigenvalue weighted by Crippen LogP contribution is 2.17. The van der Waals surface area contributed by atoms with E-state index in [0.29, 0.717) is 6.61 Å². The van der Waals surface area contributed by atoms with Gasteiger partial charge in [0.1, 0.15) is 6.61 Å². The maximum Gasteiger partial charge on any atom is 0.162 e. The number of aromatic nitrogens is 1. The third kappa shape index (κ3) is 1.49. The molecule has 0 aromatic carbocycles. The molecule has 1 saturated heterocycles. The normalized spacial score (nSPS) is 20.4. The number of ether oxygens (including phenoxy) is 1. The highest BCUT2D eigenvalue weighted by atomic mass is 16.5. The van der Waals surface area contributed by atoms with E-state index >= 15 is 0 Å². The van der Waals surface area contributed by atoms with Gasteiger partial charge in [0.15, 0.2) is 5.76 Å². The van der Waals surface area contributed by atoms with Crippen molar-refractivity contribution in [1.82, 2.24) is 10.5 Å². The molecule has 2 rings (SSSR count). The van der Waals surface area contributed by atoms with Gasteiger partial charge in [-0.3, -0.25) is 0 Å². The first-order valence-corrected chi connectivity index (χ1v) is 4.03. The van der Waals surface area contributed by atoms with Gasteiger partial charge in [-0.05, 0) is 6.92 Å². The van der Waals surface area contributed by atoms with Crippen LogP contribution in [-0.2, 0) is 11.3 Å². The summed E-state index contributed by atoms with van der Waals surface area (Å²) in [5.74, 6) is 0.781. The van der Waals surface area contributed by atoms with Crippen LogP contribution in [0.25, 0.3) is 0 Å². The van der Waals surface area contributed by atoms with Crippen LogP contribution < -0.4 is 5.32 Å². The highest BCUT2D eigenvalue weighted by molar-refractivity contribution is 4.94. The quantitative estimate of drug-likeness (QED) is 0.716. The smallest absolute Gasteiger partial charge is 0.162 e. The van der Waals surface area contributed by atoms with E-state index in [1.54, 1.807) is 6.20 Å². The van der Waals surface area contributed by atoms with Crippen molar-refractivity contribution in [2.24, 2.45) is 0 Å². The minimum Gasteiger partial charge on any atom is -0.365 e. The molecular formula is C8H12N2O2. The van der Waals surface area contributed by atoms with Crippen molar-refractivity contribution < 1.29 is 9.26 Å². The molecule has 2 heterocycles. The summed E-state index contributed by atoms with van der Waals surface area (Å²) in [6.45, 7) is 4.43. The summed E-state index contributed by atoms with van der Waals surface area (Å²) in [5.41, 5.74) is -0.00715. The van der Waals surface area contributed by atoms with Gasteiger partial charge in [0, 0.05) is 19.2 Å². The van der Waals surface area contributed by atoms with Crippen molar-refractivity contribution in [3.8, 4) is 0 Å².